The van der Waals surface area contributed by atoms with Crippen LogP contribution < -0.4 is 19.6 Å². The maximum Gasteiger partial charge on any atom is 0.274 e. The molecule has 3 aromatic rings. The number of hydrogen-bond acceptors (Lipinski definition) is 17. The van der Waals surface area contributed by atoms with Crippen LogP contribution in [-0.2, 0) is 9.47 Å². The number of ether oxygens (including phenoxy) is 5. The van der Waals surface area contributed by atoms with E-state index in [4.69, 9.17) is 28.1 Å². The summed E-state index contributed by atoms with van der Waals surface area (Å²) in [6, 6.07) is 5.66. The smallest absolute Gasteiger partial charge is 0.274 e. The highest BCUT2D eigenvalue weighted by atomic mass is 16.8. The summed E-state index contributed by atoms with van der Waals surface area (Å²) in [4.78, 5) is 13.1. The van der Waals surface area contributed by atoms with Crippen molar-refractivity contribution in [2.24, 2.45) is 0 Å². The number of methoxy groups -OCH3 is 2. The first-order chi connectivity index (χ1) is 21.8. The Morgan fingerprint density at radius 3 is 2.11 bits per heavy atom. The van der Waals surface area contributed by atoms with Crippen molar-refractivity contribution in [3.8, 4) is 40.1 Å². The molecule has 2 aliphatic rings. The molecular weight excluding hydrogens is 620 g/mol. The quantitative estimate of drug-likeness (QED) is 0.118. The fourth-order valence-corrected chi connectivity index (χ4v) is 5.78. The minimum atomic E-state index is -2.98. The van der Waals surface area contributed by atoms with Crippen LogP contribution in [0.4, 0.5) is 0 Å². The average Bonchev–Trinajstić information content (AvgIpc) is 3.04. The van der Waals surface area contributed by atoms with Crippen molar-refractivity contribution < 1.29 is 79.2 Å². The summed E-state index contributed by atoms with van der Waals surface area (Å²) in [5.41, 5.74) is -3.57. The van der Waals surface area contributed by atoms with Crippen LogP contribution in [0, 0.1) is 0 Å². The summed E-state index contributed by atoms with van der Waals surface area (Å²) < 4.78 is 33.5. The van der Waals surface area contributed by atoms with Crippen LogP contribution in [0.2, 0.25) is 0 Å². The molecule has 10 N–H and O–H groups in total. The van der Waals surface area contributed by atoms with Crippen molar-refractivity contribution >= 4 is 11.0 Å². The fourth-order valence-electron chi connectivity index (χ4n) is 5.78. The topological polar surface area (TPSA) is 279 Å². The van der Waals surface area contributed by atoms with E-state index < -0.39 is 90.9 Å². The Balaban J connectivity index is 1.70. The molecule has 0 bridgehead atoms. The first-order valence-electron chi connectivity index (χ1n) is 13.9. The van der Waals surface area contributed by atoms with Gasteiger partial charge in [0, 0.05) is 23.8 Å². The van der Waals surface area contributed by atoms with Crippen LogP contribution in [0.15, 0.2) is 39.5 Å². The largest absolute Gasteiger partial charge is 0.507 e. The van der Waals surface area contributed by atoms with Crippen molar-refractivity contribution in [3.63, 3.8) is 0 Å². The van der Waals surface area contributed by atoms with Gasteiger partial charge in [0.15, 0.2) is 28.6 Å². The second-order valence-electron chi connectivity index (χ2n) is 10.9. The van der Waals surface area contributed by atoms with E-state index in [0.717, 1.165) is 18.2 Å². The Hall–Kier alpha value is -3.75. The molecule has 0 saturated carbocycles. The first kappa shape index (κ1) is 33.6. The second kappa shape index (κ2) is 12.5. The molecule has 0 radical (unpaired) electrons. The molecule has 0 spiro atoms. The predicted octanol–water partition coefficient (Wildman–Crippen LogP) is -2.72. The third-order valence-corrected chi connectivity index (χ3v) is 8.30. The molecule has 2 fully saturated rings. The minimum Gasteiger partial charge on any atom is -0.507 e. The zero-order chi connectivity index (χ0) is 33.7. The van der Waals surface area contributed by atoms with Gasteiger partial charge >= 0.3 is 0 Å². The Bertz CT molecular complexity index is 1610. The van der Waals surface area contributed by atoms with Gasteiger partial charge in [0.1, 0.15) is 64.9 Å². The van der Waals surface area contributed by atoms with E-state index in [1.54, 1.807) is 0 Å². The molecule has 46 heavy (non-hydrogen) atoms. The highest BCUT2D eigenvalue weighted by Gasteiger charge is 2.72. The van der Waals surface area contributed by atoms with Crippen LogP contribution in [0.3, 0.4) is 0 Å². The molecule has 252 valence electrons. The van der Waals surface area contributed by atoms with E-state index in [1.165, 1.54) is 26.4 Å². The maximum absolute atomic E-state index is 13.1. The van der Waals surface area contributed by atoms with E-state index in [0.29, 0.717) is 0 Å². The summed E-state index contributed by atoms with van der Waals surface area (Å²) >= 11 is 0. The lowest BCUT2D eigenvalue weighted by Gasteiger charge is -2.58. The number of hydrogen-bond donors (Lipinski definition) is 10. The standard InChI is InChI=1S/C29H34O17/c1-41-18-3-11(4-19(42-2)23(18)36)16-7-14(33)21-13(32)5-12(6-17(21)44-16)45-29(27(40)25(38)24(37)20(8-30)46-29)28(10-31)26(39)22(35)15(34)9-43-28/h3-7,15,20,22,24-27,30-32,34-40H,8-10H2,1-2H3/t15-,20-,22-,24-,25-,26-,27-,28-,29+/m0/s1. The van der Waals surface area contributed by atoms with Gasteiger partial charge in [0.05, 0.1) is 34.0 Å². The third-order valence-electron chi connectivity index (χ3n) is 8.30. The second-order valence-corrected chi connectivity index (χ2v) is 10.9. The van der Waals surface area contributed by atoms with Crippen molar-refractivity contribution in [1.29, 1.82) is 0 Å². The van der Waals surface area contributed by atoms with Gasteiger partial charge in [-0.2, -0.15) is 0 Å². The van der Waals surface area contributed by atoms with Crippen LogP contribution >= 0.6 is 0 Å². The molecule has 0 aliphatic carbocycles. The van der Waals surface area contributed by atoms with Gasteiger partial charge in [-0.15, -0.1) is 0 Å². The molecule has 9 atom stereocenters. The maximum atomic E-state index is 13.1. The molecule has 0 amide bonds. The van der Waals surface area contributed by atoms with Crippen LogP contribution in [-0.4, -0.2) is 139 Å². The summed E-state index contributed by atoms with van der Waals surface area (Å²) in [5.74, 6) is -4.64. The van der Waals surface area contributed by atoms with Crippen molar-refractivity contribution in [1.82, 2.24) is 0 Å². The number of aromatic hydroxyl groups is 2. The number of aliphatic hydroxyl groups excluding tert-OH is 8. The summed E-state index contributed by atoms with van der Waals surface area (Å²) in [5, 5.41) is 106. The number of phenols is 2. The van der Waals surface area contributed by atoms with E-state index in [1.807, 2.05) is 0 Å². The zero-order valence-corrected chi connectivity index (χ0v) is 24.4. The highest BCUT2D eigenvalue weighted by molar-refractivity contribution is 5.86. The molecule has 17 nitrogen and oxygen atoms in total. The van der Waals surface area contributed by atoms with Gasteiger partial charge in [-0.25, -0.2) is 0 Å². The zero-order valence-electron chi connectivity index (χ0n) is 24.4. The Morgan fingerprint density at radius 2 is 1.52 bits per heavy atom. The number of aliphatic hydroxyl groups is 8. The van der Waals surface area contributed by atoms with Crippen LogP contribution in [0.25, 0.3) is 22.3 Å². The Morgan fingerprint density at radius 1 is 0.870 bits per heavy atom. The van der Waals surface area contributed by atoms with Gasteiger partial charge in [0.2, 0.25) is 5.75 Å². The number of rotatable bonds is 8. The molecule has 2 saturated heterocycles. The van der Waals surface area contributed by atoms with Gasteiger partial charge in [-0.05, 0) is 12.1 Å². The predicted molar refractivity (Wildman–Crippen MR) is 151 cm³/mol. The molecule has 17 heteroatoms. The normalized spacial score (nSPS) is 33.1. The van der Waals surface area contributed by atoms with E-state index in [9.17, 15) is 55.9 Å². The lowest BCUT2D eigenvalue weighted by atomic mass is 9.74. The Labute approximate surface area is 259 Å². The monoisotopic (exact) mass is 654 g/mol. The average molecular weight is 655 g/mol. The molecule has 3 heterocycles. The summed E-state index contributed by atoms with van der Waals surface area (Å²) in [6.07, 6.45) is -14.2. The van der Waals surface area contributed by atoms with E-state index in [2.05, 4.69) is 0 Å². The molecule has 5 rings (SSSR count). The minimum absolute atomic E-state index is 0.0192. The van der Waals surface area contributed by atoms with Crippen molar-refractivity contribution in [2.45, 2.75) is 54.1 Å². The number of phenolic OH excluding ortho intramolecular Hbond substituents is 2. The van der Waals surface area contributed by atoms with Gasteiger partial charge in [-0.3, -0.25) is 4.79 Å². The van der Waals surface area contributed by atoms with Gasteiger partial charge in [0.25, 0.3) is 5.79 Å². The molecule has 2 aliphatic heterocycles. The molecule has 2 aromatic carbocycles. The molecule has 1 aromatic heterocycles. The fraction of sp³-hybridized carbons (Fsp3) is 0.483. The number of benzene rings is 2. The molecular formula is C29H34O17. The van der Waals surface area contributed by atoms with E-state index >= 15 is 0 Å². The van der Waals surface area contributed by atoms with Crippen molar-refractivity contribution in [3.05, 3.63) is 40.6 Å². The van der Waals surface area contributed by atoms with Crippen molar-refractivity contribution in [2.75, 3.05) is 34.0 Å². The first-order valence-corrected chi connectivity index (χ1v) is 13.9. The number of fused-ring (bicyclic) bond motifs is 1. The molecule has 0 unspecified atom stereocenters. The SMILES string of the molecule is COc1cc(-c2cc(=O)c3c(O)cc(O[C@@]4([C@@]5(CO)OC[C@H](O)[C@H](O)[C@@H]5O)O[C@@H](CO)[C@H](O)[C@H](O)[C@@H]4O)cc3o2)cc(OC)c1O. The highest BCUT2D eigenvalue weighted by Crippen LogP contribution is 2.47. The summed E-state index contributed by atoms with van der Waals surface area (Å²) in [7, 11) is 2.58. The third kappa shape index (κ3) is 5.10. The summed E-state index contributed by atoms with van der Waals surface area (Å²) in [6.45, 7) is -3.03. The van der Waals surface area contributed by atoms with E-state index in [-0.39, 0.29) is 39.5 Å². The van der Waals surface area contributed by atoms with Crippen LogP contribution in [0.5, 0.6) is 28.7 Å². The Kier molecular flexibility index (Phi) is 9.10. The van der Waals surface area contributed by atoms with Crippen LogP contribution in [0.1, 0.15) is 0 Å². The van der Waals surface area contributed by atoms with Gasteiger partial charge < -0.3 is 79.2 Å². The van der Waals surface area contributed by atoms with Gasteiger partial charge in [-0.1, -0.05) is 0 Å². The lowest BCUT2D eigenvalue weighted by Crippen LogP contribution is -2.82. The lowest BCUT2D eigenvalue weighted by molar-refractivity contribution is -0.425.